The van der Waals surface area contributed by atoms with Crippen molar-refractivity contribution in [1.82, 2.24) is 0 Å². The number of fused-ring (bicyclic) bond motifs is 3. The zero-order valence-electron chi connectivity index (χ0n) is 6.23. The van der Waals surface area contributed by atoms with Crippen molar-refractivity contribution in [2.75, 3.05) is 0 Å². The first kappa shape index (κ1) is 5.15. The summed E-state index contributed by atoms with van der Waals surface area (Å²) >= 11 is 0. The van der Waals surface area contributed by atoms with Crippen LogP contribution < -0.4 is 0 Å². The van der Waals surface area contributed by atoms with Crippen molar-refractivity contribution >= 4 is 21.5 Å². The molecule has 0 heterocycles. The van der Waals surface area contributed by atoms with Gasteiger partial charge in [-0.3, -0.25) is 0 Å². The molecule has 3 radical (unpaired) electrons. The van der Waals surface area contributed by atoms with Gasteiger partial charge in [0, 0.05) is 0 Å². The molecule has 51 valence electrons. The Balaban J connectivity index is 2.65. The molecule has 2 aliphatic carbocycles. The van der Waals surface area contributed by atoms with Crippen molar-refractivity contribution in [3.8, 4) is 11.1 Å². The molecule has 0 saturated carbocycles. The Kier molecular flexibility index (Phi) is 0.573. The van der Waals surface area contributed by atoms with E-state index < -0.39 is 0 Å². The second-order valence-electron chi connectivity index (χ2n) is 3.23. The minimum absolute atomic E-state index is 1.09. The summed E-state index contributed by atoms with van der Waals surface area (Å²) < 4.78 is 0. The quantitative estimate of drug-likeness (QED) is 0.359. The van der Waals surface area contributed by atoms with E-state index >= 15 is 0 Å². The summed E-state index contributed by atoms with van der Waals surface area (Å²) in [5, 5.41) is 4.91. The lowest BCUT2D eigenvalue weighted by molar-refractivity contribution is 1.77. The topological polar surface area (TPSA) is 0 Å². The molecule has 12 heavy (non-hydrogen) atoms. The Morgan fingerprint density at radius 2 is 1.92 bits per heavy atom. The van der Waals surface area contributed by atoms with E-state index in [-0.39, 0.29) is 0 Å². The molecule has 4 rings (SSSR count). The highest BCUT2D eigenvalue weighted by Gasteiger charge is 2.23. The Morgan fingerprint density at radius 3 is 2.92 bits per heavy atom. The third-order valence-electron chi connectivity index (χ3n) is 2.67. The summed E-state index contributed by atoms with van der Waals surface area (Å²) in [5.41, 5.74) is 2.63. The van der Waals surface area contributed by atoms with E-state index in [2.05, 4.69) is 36.4 Å². The molecule has 2 bridgehead atoms. The second-order valence-corrected chi connectivity index (χ2v) is 3.23. The van der Waals surface area contributed by atoms with E-state index in [4.69, 9.17) is 0 Å². The van der Waals surface area contributed by atoms with Gasteiger partial charge in [0.15, 0.2) is 0 Å². The van der Waals surface area contributed by atoms with Gasteiger partial charge in [0.1, 0.15) is 0 Å². The molecule has 0 spiro atoms. The van der Waals surface area contributed by atoms with Crippen molar-refractivity contribution in [3.63, 3.8) is 0 Å². The molecule has 0 aliphatic heterocycles. The van der Waals surface area contributed by atoms with E-state index in [0.29, 0.717) is 0 Å². The number of rotatable bonds is 0. The summed E-state index contributed by atoms with van der Waals surface area (Å²) in [6.07, 6.45) is 0. The highest BCUT2D eigenvalue weighted by atomic mass is 14.2. The Hall–Kier alpha value is -1.56. The fraction of sp³-hybridized carbons (Fsp3) is 0. The zero-order valence-corrected chi connectivity index (χ0v) is 6.23. The highest BCUT2D eigenvalue weighted by molar-refractivity contribution is 6.26. The number of hydrogen-bond donors (Lipinski definition) is 0. The van der Waals surface area contributed by atoms with Gasteiger partial charge in [-0.2, -0.15) is 0 Å². The fourth-order valence-corrected chi connectivity index (χ4v) is 2.11. The monoisotopic (exact) mass is 147 g/mol. The standard InChI is InChI=1S/C12H3/c1-2-8-7-4-5-9-10(3-1)12(8)11(9)6-7/h1-3H. The van der Waals surface area contributed by atoms with Crippen LogP contribution in [0.1, 0.15) is 0 Å². The molecule has 0 aromatic heterocycles. The van der Waals surface area contributed by atoms with Crippen LogP contribution in [-0.2, 0) is 0 Å². The summed E-state index contributed by atoms with van der Waals surface area (Å²) in [5.74, 6) is 0. The summed E-state index contributed by atoms with van der Waals surface area (Å²) in [7, 11) is 0. The van der Waals surface area contributed by atoms with Gasteiger partial charge in [-0.25, -0.2) is 0 Å². The first-order valence-corrected chi connectivity index (χ1v) is 3.99. The smallest absolute Gasteiger partial charge is 0.0000234 e. The molecule has 0 saturated heterocycles. The molecule has 2 aromatic carbocycles. The lowest BCUT2D eigenvalue weighted by Gasteiger charge is -2.12. The zero-order chi connectivity index (χ0) is 7.71. The van der Waals surface area contributed by atoms with Crippen LogP contribution in [0.5, 0.6) is 0 Å². The molecule has 2 aliphatic rings. The SMILES string of the molecule is [c]1[c]c2c3[c]c1c1cccc2c1-3. The Bertz CT molecular complexity index is 600. The predicted molar refractivity (Wildman–Crippen MR) is 48.1 cm³/mol. The van der Waals surface area contributed by atoms with Crippen LogP contribution in [0.4, 0.5) is 0 Å². The summed E-state index contributed by atoms with van der Waals surface area (Å²) in [6, 6.07) is 16.0. The van der Waals surface area contributed by atoms with Gasteiger partial charge in [-0.05, 0) is 50.9 Å². The Morgan fingerprint density at radius 1 is 1.00 bits per heavy atom. The van der Waals surface area contributed by atoms with Crippen LogP contribution >= 0.6 is 0 Å². The van der Waals surface area contributed by atoms with Crippen molar-refractivity contribution in [3.05, 3.63) is 36.4 Å². The second kappa shape index (κ2) is 1.34. The van der Waals surface area contributed by atoms with Gasteiger partial charge in [0.05, 0.1) is 0 Å². The van der Waals surface area contributed by atoms with Gasteiger partial charge < -0.3 is 0 Å². The van der Waals surface area contributed by atoms with Crippen molar-refractivity contribution in [2.24, 2.45) is 0 Å². The largest absolute Gasteiger partial charge is 0.0610 e. The van der Waals surface area contributed by atoms with Crippen molar-refractivity contribution in [2.45, 2.75) is 0 Å². The maximum absolute atomic E-state index is 3.32. The third kappa shape index (κ3) is 0.333. The molecule has 0 fully saturated rings. The molecule has 0 N–H and O–H groups in total. The van der Waals surface area contributed by atoms with Crippen LogP contribution in [-0.4, -0.2) is 0 Å². The average molecular weight is 147 g/mol. The molecule has 0 heteroatoms. The minimum atomic E-state index is 1.09. The predicted octanol–water partition coefficient (Wildman–Crippen LogP) is 2.81. The molecular formula is C12H3. The minimum Gasteiger partial charge on any atom is -0.0610 e. The maximum atomic E-state index is 3.32. The van der Waals surface area contributed by atoms with Crippen LogP contribution in [0.15, 0.2) is 18.2 Å². The van der Waals surface area contributed by atoms with Gasteiger partial charge in [-0.1, -0.05) is 18.2 Å². The van der Waals surface area contributed by atoms with E-state index in [1.807, 2.05) is 0 Å². The number of hydrogen-bond acceptors (Lipinski definition) is 0. The first-order valence-electron chi connectivity index (χ1n) is 3.99. The fourth-order valence-electron chi connectivity index (χ4n) is 2.11. The molecule has 2 aromatic rings. The van der Waals surface area contributed by atoms with Crippen molar-refractivity contribution < 1.29 is 0 Å². The van der Waals surface area contributed by atoms with Crippen LogP contribution in [0.3, 0.4) is 0 Å². The molecule has 0 atom stereocenters. The molecule has 0 amide bonds. The summed E-state index contributed by atoms with van der Waals surface area (Å²) in [4.78, 5) is 0. The van der Waals surface area contributed by atoms with Gasteiger partial charge in [0.25, 0.3) is 0 Å². The van der Waals surface area contributed by atoms with E-state index in [1.165, 1.54) is 27.3 Å². The van der Waals surface area contributed by atoms with Crippen LogP contribution in [0.2, 0.25) is 0 Å². The van der Waals surface area contributed by atoms with Crippen LogP contribution in [0.25, 0.3) is 32.7 Å². The van der Waals surface area contributed by atoms with Gasteiger partial charge in [-0.15, -0.1) is 0 Å². The average Bonchev–Trinajstić information content (AvgIpc) is 2.33. The molecular weight excluding hydrogens is 144 g/mol. The van der Waals surface area contributed by atoms with E-state index in [0.717, 1.165) is 5.39 Å². The third-order valence-corrected chi connectivity index (χ3v) is 2.67. The summed E-state index contributed by atoms with van der Waals surface area (Å²) in [6.45, 7) is 0. The van der Waals surface area contributed by atoms with E-state index in [9.17, 15) is 0 Å². The Labute approximate surface area is 69.8 Å². The molecule has 0 nitrogen and oxygen atoms in total. The van der Waals surface area contributed by atoms with Crippen molar-refractivity contribution in [1.29, 1.82) is 0 Å². The van der Waals surface area contributed by atoms with Gasteiger partial charge in [0.2, 0.25) is 0 Å². The number of benzene rings is 2. The molecule has 0 unspecified atom stereocenters. The van der Waals surface area contributed by atoms with Gasteiger partial charge >= 0.3 is 0 Å². The van der Waals surface area contributed by atoms with Crippen LogP contribution in [0, 0.1) is 18.2 Å². The lowest BCUT2D eigenvalue weighted by Crippen LogP contribution is -1.85. The lowest BCUT2D eigenvalue weighted by atomic mass is 9.90. The maximum Gasteiger partial charge on any atom is -0.0000234 e. The first-order chi connectivity index (χ1) is 5.95. The highest BCUT2D eigenvalue weighted by Crippen LogP contribution is 2.48. The normalized spacial score (nSPS) is 13.0. The van der Waals surface area contributed by atoms with E-state index in [1.54, 1.807) is 0 Å².